The molecule has 9 nitrogen and oxygen atoms in total. The Morgan fingerprint density at radius 1 is 1.14 bits per heavy atom. The number of nitrogens with one attached hydrogen (secondary N) is 1. The van der Waals surface area contributed by atoms with Crippen LogP contribution in [-0.2, 0) is 11.2 Å². The van der Waals surface area contributed by atoms with E-state index in [1.54, 1.807) is 4.57 Å². The van der Waals surface area contributed by atoms with Crippen LogP contribution in [0.4, 0.5) is 5.82 Å². The van der Waals surface area contributed by atoms with Crippen LogP contribution < -0.4 is 5.32 Å². The lowest BCUT2D eigenvalue weighted by molar-refractivity contribution is -0.0511. The van der Waals surface area contributed by atoms with Gasteiger partial charge in [0.15, 0.2) is 23.2 Å². The van der Waals surface area contributed by atoms with Crippen LogP contribution in [-0.4, -0.2) is 59.8 Å². The number of rotatable bonds is 4. The van der Waals surface area contributed by atoms with Gasteiger partial charge in [0, 0.05) is 0 Å². The zero-order valence-electron chi connectivity index (χ0n) is 15.7. The van der Waals surface area contributed by atoms with Gasteiger partial charge < -0.3 is 25.4 Å². The number of hydrogen-bond acceptors (Lipinski definition) is 8. The monoisotopic (exact) mass is 397 g/mol. The van der Waals surface area contributed by atoms with Gasteiger partial charge in [-0.25, -0.2) is 15.0 Å². The first-order valence-corrected chi connectivity index (χ1v) is 9.81. The standard InChI is InChI=1S/C20H23N5O4/c26-8-14-16(27)17(28)20(29-14)25-10-23-15-18(21-9-22-19(15)25)24-13-7-3-5-11-4-1-2-6-12(11)13/h1-2,4,6,9-10,13-14,16-17,20,26-28H,3,5,7-8H2,(H,21,22,24)/t13-,14-,16-,17-,20?/m1/s1. The summed E-state index contributed by atoms with van der Waals surface area (Å²) in [5, 5.41) is 33.2. The second-order valence-corrected chi connectivity index (χ2v) is 7.56. The number of aromatic nitrogens is 4. The number of ether oxygens (including phenoxy) is 1. The molecule has 3 heterocycles. The second kappa shape index (κ2) is 7.34. The molecular weight excluding hydrogens is 374 g/mol. The third kappa shape index (κ3) is 3.06. The Morgan fingerprint density at radius 3 is 2.83 bits per heavy atom. The summed E-state index contributed by atoms with van der Waals surface area (Å²) in [6, 6.07) is 8.55. The Balaban J connectivity index is 1.47. The van der Waals surface area contributed by atoms with Gasteiger partial charge in [-0.2, -0.15) is 0 Å². The summed E-state index contributed by atoms with van der Waals surface area (Å²) in [6.45, 7) is -0.385. The number of fused-ring (bicyclic) bond motifs is 2. The van der Waals surface area contributed by atoms with Gasteiger partial charge in [0.1, 0.15) is 24.6 Å². The maximum atomic E-state index is 10.3. The van der Waals surface area contributed by atoms with Gasteiger partial charge in [0.2, 0.25) is 0 Å². The Morgan fingerprint density at radius 2 is 2.00 bits per heavy atom. The number of imidazole rings is 1. The van der Waals surface area contributed by atoms with Crippen LogP contribution in [0.25, 0.3) is 11.2 Å². The molecule has 5 atom stereocenters. The fraction of sp³-hybridized carbons (Fsp3) is 0.450. The van der Waals surface area contributed by atoms with Crippen LogP contribution in [0, 0.1) is 0 Å². The molecule has 1 fully saturated rings. The number of aryl methyl sites for hydroxylation is 1. The highest BCUT2D eigenvalue weighted by Crippen LogP contribution is 2.35. The Labute approximate surface area is 167 Å². The van der Waals surface area contributed by atoms with E-state index in [9.17, 15) is 15.3 Å². The van der Waals surface area contributed by atoms with Gasteiger partial charge in [-0.1, -0.05) is 24.3 Å². The van der Waals surface area contributed by atoms with Crippen LogP contribution in [0.5, 0.6) is 0 Å². The predicted octanol–water partition coefficient (Wildman–Crippen LogP) is 0.927. The van der Waals surface area contributed by atoms with Crippen molar-refractivity contribution in [3.63, 3.8) is 0 Å². The van der Waals surface area contributed by atoms with Crippen LogP contribution >= 0.6 is 0 Å². The number of benzene rings is 1. The highest BCUT2D eigenvalue weighted by atomic mass is 16.6. The summed E-state index contributed by atoms with van der Waals surface area (Å²) in [5.74, 6) is 0.613. The maximum Gasteiger partial charge on any atom is 0.167 e. The SMILES string of the molecule is OC[C@H]1OC(n2cnc3c(N[C@@H]4CCCc5ccccc54)ncnc32)[C@H](O)[C@@H]1O. The molecule has 1 aliphatic heterocycles. The van der Waals surface area contributed by atoms with Gasteiger partial charge in [-0.3, -0.25) is 4.57 Å². The molecule has 5 rings (SSSR count). The lowest BCUT2D eigenvalue weighted by atomic mass is 9.88. The molecule has 9 heteroatoms. The third-order valence-electron chi connectivity index (χ3n) is 5.83. The molecule has 1 aliphatic carbocycles. The van der Waals surface area contributed by atoms with Crippen molar-refractivity contribution in [3.8, 4) is 0 Å². The molecule has 1 aromatic carbocycles. The number of anilines is 1. The fourth-order valence-corrected chi connectivity index (χ4v) is 4.32. The van der Waals surface area contributed by atoms with Crippen molar-refractivity contribution < 1.29 is 20.1 Å². The first-order chi connectivity index (χ1) is 14.2. The summed E-state index contributed by atoms with van der Waals surface area (Å²) in [5.41, 5.74) is 3.67. The van der Waals surface area contributed by atoms with Crippen LogP contribution in [0.2, 0.25) is 0 Å². The largest absolute Gasteiger partial charge is 0.394 e. The molecule has 0 amide bonds. The van der Waals surface area contributed by atoms with Gasteiger partial charge in [-0.05, 0) is 30.4 Å². The molecule has 29 heavy (non-hydrogen) atoms. The van der Waals surface area contributed by atoms with E-state index in [0.29, 0.717) is 17.0 Å². The minimum atomic E-state index is -1.19. The summed E-state index contributed by atoms with van der Waals surface area (Å²) in [7, 11) is 0. The highest BCUT2D eigenvalue weighted by Gasteiger charge is 2.44. The van der Waals surface area contributed by atoms with Crippen LogP contribution in [0.1, 0.15) is 36.2 Å². The van der Waals surface area contributed by atoms with Gasteiger partial charge in [-0.15, -0.1) is 0 Å². The first kappa shape index (κ1) is 18.4. The maximum absolute atomic E-state index is 10.3. The van der Waals surface area contributed by atoms with Crippen molar-refractivity contribution in [2.75, 3.05) is 11.9 Å². The number of aliphatic hydroxyl groups excluding tert-OH is 3. The normalized spacial score (nSPS) is 29.1. The average Bonchev–Trinajstić information content (AvgIpc) is 3.30. The molecule has 1 unspecified atom stereocenters. The lowest BCUT2D eigenvalue weighted by Crippen LogP contribution is -2.33. The minimum Gasteiger partial charge on any atom is -0.394 e. The van der Waals surface area contributed by atoms with Crippen molar-refractivity contribution in [1.82, 2.24) is 19.5 Å². The highest BCUT2D eigenvalue weighted by molar-refractivity contribution is 5.83. The second-order valence-electron chi connectivity index (χ2n) is 7.56. The van der Waals surface area contributed by atoms with E-state index in [1.165, 1.54) is 23.8 Å². The molecule has 4 N–H and O–H groups in total. The van der Waals surface area contributed by atoms with Crippen molar-refractivity contribution in [1.29, 1.82) is 0 Å². The predicted molar refractivity (Wildman–Crippen MR) is 104 cm³/mol. The van der Waals surface area contributed by atoms with E-state index in [0.717, 1.165) is 19.3 Å². The van der Waals surface area contributed by atoms with Gasteiger partial charge >= 0.3 is 0 Å². The van der Waals surface area contributed by atoms with Crippen molar-refractivity contribution in [2.45, 2.75) is 49.8 Å². The summed E-state index contributed by atoms with van der Waals surface area (Å²) in [4.78, 5) is 13.1. The van der Waals surface area contributed by atoms with Gasteiger partial charge in [0.25, 0.3) is 0 Å². The molecule has 0 saturated carbocycles. The molecule has 1 saturated heterocycles. The van der Waals surface area contributed by atoms with Crippen molar-refractivity contribution in [3.05, 3.63) is 48.0 Å². The topological polar surface area (TPSA) is 126 Å². The summed E-state index contributed by atoms with van der Waals surface area (Å²) >= 11 is 0. The molecule has 0 spiro atoms. The van der Waals surface area contributed by atoms with E-state index in [1.807, 2.05) is 6.07 Å². The van der Waals surface area contributed by atoms with E-state index in [2.05, 4.69) is 38.5 Å². The Hall–Kier alpha value is -2.59. The summed E-state index contributed by atoms with van der Waals surface area (Å²) < 4.78 is 7.19. The number of aliphatic hydroxyl groups is 3. The summed E-state index contributed by atoms with van der Waals surface area (Å²) in [6.07, 6.45) is 2.02. The molecule has 152 valence electrons. The molecule has 0 radical (unpaired) electrons. The van der Waals surface area contributed by atoms with Crippen LogP contribution in [0.15, 0.2) is 36.9 Å². The number of nitrogens with zero attached hydrogens (tertiary/aromatic N) is 4. The van der Waals surface area contributed by atoms with E-state index in [-0.39, 0.29) is 12.6 Å². The third-order valence-corrected chi connectivity index (χ3v) is 5.83. The first-order valence-electron chi connectivity index (χ1n) is 9.81. The quantitative estimate of drug-likeness (QED) is 0.512. The van der Waals surface area contributed by atoms with Crippen molar-refractivity contribution >= 4 is 17.0 Å². The lowest BCUT2D eigenvalue weighted by Gasteiger charge is -2.26. The molecular formula is C20H23N5O4. The smallest absolute Gasteiger partial charge is 0.167 e. The Bertz CT molecular complexity index is 1030. The fourth-order valence-electron chi connectivity index (χ4n) is 4.32. The van der Waals surface area contributed by atoms with Crippen LogP contribution in [0.3, 0.4) is 0 Å². The average molecular weight is 397 g/mol. The van der Waals surface area contributed by atoms with E-state index >= 15 is 0 Å². The van der Waals surface area contributed by atoms with E-state index in [4.69, 9.17) is 4.74 Å². The molecule has 0 bridgehead atoms. The Kier molecular flexibility index (Phi) is 4.67. The van der Waals surface area contributed by atoms with E-state index < -0.39 is 24.5 Å². The zero-order valence-corrected chi connectivity index (χ0v) is 15.7. The molecule has 2 aromatic heterocycles. The van der Waals surface area contributed by atoms with Crippen molar-refractivity contribution in [2.24, 2.45) is 0 Å². The molecule has 3 aromatic rings. The number of hydrogen-bond donors (Lipinski definition) is 4. The zero-order chi connectivity index (χ0) is 20.0. The van der Waals surface area contributed by atoms with Gasteiger partial charge in [0.05, 0.1) is 19.0 Å². The minimum absolute atomic E-state index is 0.136. The molecule has 2 aliphatic rings.